The summed E-state index contributed by atoms with van der Waals surface area (Å²) in [5.74, 6) is -0.897. The van der Waals surface area contributed by atoms with E-state index in [4.69, 9.17) is 9.47 Å². The van der Waals surface area contributed by atoms with Crippen molar-refractivity contribution in [3.8, 4) is 11.5 Å². The lowest BCUT2D eigenvalue weighted by Gasteiger charge is -2.10. The van der Waals surface area contributed by atoms with Crippen molar-refractivity contribution >= 4 is 23.3 Å². The minimum Gasteiger partial charge on any atom is -0.550 e. The highest BCUT2D eigenvalue weighted by molar-refractivity contribution is 6.04. The molecule has 2 rings (SSSR count). The highest BCUT2D eigenvalue weighted by Gasteiger charge is 2.20. The van der Waals surface area contributed by atoms with E-state index in [-0.39, 0.29) is 37.7 Å². The number of anilines is 1. The number of ketones is 1. The number of amides is 1. The Morgan fingerprint density at radius 3 is 2.48 bits per heavy atom. The Morgan fingerprint density at radius 1 is 1.19 bits per heavy atom. The summed E-state index contributed by atoms with van der Waals surface area (Å²) in [6, 6.07) is 3.04. The van der Waals surface area contributed by atoms with Crippen molar-refractivity contribution in [1.82, 2.24) is 0 Å². The number of benzene rings is 1. The van der Waals surface area contributed by atoms with Crippen LogP contribution in [0.1, 0.15) is 36.5 Å². The summed E-state index contributed by atoms with van der Waals surface area (Å²) in [5.41, 5.74) is 0.637. The zero-order chi connectivity index (χ0) is 15.4. The van der Waals surface area contributed by atoms with Crippen LogP contribution in [0, 0.1) is 0 Å². The van der Waals surface area contributed by atoms with Gasteiger partial charge in [-0.3, -0.25) is 9.59 Å². The molecule has 0 radical (unpaired) electrons. The van der Waals surface area contributed by atoms with Gasteiger partial charge in [-0.2, -0.15) is 0 Å². The summed E-state index contributed by atoms with van der Waals surface area (Å²) >= 11 is 0. The molecule has 0 unspecified atom stereocenters. The van der Waals surface area contributed by atoms with Gasteiger partial charge in [-0.1, -0.05) is 0 Å². The van der Waals surface area contributed by atoms with E-state index in [1.165, 1.54) is 19.1 Å². The molecule has 0 aromatic heterocycles. The molecule has 1 aromatic rings. The summed E-state index contributed by atoms with van der Waals surface area (Å²) < 4.78 is 10.4. The number of fused-ring (bicyclic) bond motifs is 1. The number of rotatable bonds is 6. The molecule has 0 aliphatic carbocycles. The van der Waals surface area contributed by atoms with E-state index in [0.717, 1.165) is 0 Å². The number of hydrogen-bond donors (Lipinski definition) is 1. The molecule has 0 saturated carbocycles. The third-order valence-corrected chi connectivity index (χ3v) is 2.95. The predicted octanol–water partition coefficient (Wildman–Crippen LogP) is 0.477. The molecule has 7 nitrogen and oxygen atoms in total. The van der Waals surface area contributed by atoms with Gasteiger partial charge in [0.2, 0.25) is 12.7 Å². The second kappa shape index (κ2) is 6.25. The number of hydrogen-bond acceptors (Lipinski definition) is 6. The molecular formula is C14H14NO6-. The molecule has 0 saturated heterocycles. The van der Waals surface area contributed by atoms with Gasteiger partial charge in [-0.25, -0.2) is 0 Å². The SMILES string of the molecule is CC(=O)c1cc2c(cc1NC(=O)CCCC(=O)[O-])OCO2. The Balaban J connectivity index is 2.10. The van der Waals surface area contributed by atoms with E-state index in [1.54, 1.807) is 0 Å². The maximum atomic E-state index is 11.8. The molecular weight excluding hydrogens is 278 g/mol. The number of carbonyl (C=O) groups excluding carboxylic acids is 3. The molecule has 112 valence electrons. The van der Waals surface area contributed by atoms with Crippen LogP contribution in [-0.2, 0) is 9.59 Å². The Bertz CT molecular complexity index is 595. The molecule has 1 aliphatic heterocycles. The molecule has 1 N–H and O–H groups in total. The third-order valence-electron chi connectivity index (χ3n) is 2.95. The Labute approximate surface area is 120 Å². The zero-order valence-electron chi connectivity index (χ0n) is 11.4. The average Bonchev–Trinajstić information content (AvgIpc) is 2.84. The molecule has 1 amide bonds. The molecule has 1 aliphatic rings. The standard InChI is InChI=1S/C14H15NO6/c1-8(16)9-5-11-12(21-7-20-11)6-10(9)15-13(17)3-2-4-14(18)19/h5-6H,2-4,7H2,1H3,(H,15,17)(H,18,19)/p-1. The zero-order valence-corrected chi connectivity index (χ0v) is 11.4. The Kier molecular flexibility index (Phi) is 4.42. The van der Waals surface area contributed by atoms with Gasteiger partial charge < -0.3 is 24.7 Å². The van der Waals surface area contributed by atoms with Gasteiger partial charge in [-0.05, 0) is 25.8 Å². The molecule has 21 heavy (non-hydrogen) atoms. The van der Waals surface area contributed by atoms with Gasteiger partial charge in [0.15, 0.2) is 17.3 Å². The van der Waals surface area contributed by atoms with Crippen molar-refractivity contribution in [3.63, 3.8) is 0 Å². The minimum atomic E-state index is -1.20. The van der Waals surface area contributed by atoms with Crippen LogP contribution >= 0.6 is 0 Å². The van der Waals surface area contributed by atoms with E-state index in [0.29, 0.717) is 22.7 Å². The number of carboxylic acid groups (broad SMARTS) is 1. The summed E-state index contributed by atoms with van der Waals surface area (Å²) in [6.07, 6.45) is 0.0159. The summed E-state index contributed by atoms with van der Waals surface area (Å²) in [4.78, 5) is 33.7. The first-order valence-electron chi connectivity index (χ1n) is 6.41. The van der Waals surface area contributed by atoms with E-state index < -0.39 is 5.97 Å². The van der Waals surface area contributed by atoms with Crippen molar-refractivity contribution in [3.05, 3.63) is 17.7 Å². The van der Waals surface area contributed by atoms with Gasteiger partial charge in [0.05, 0.1) is 5.69 Å². The molecule has 0 spiro atoms. The smallest absolute Gasteiger partial charge is 0.231 e. The number of ether oxygens (including phenoxy) is 2. The monoisotopic (exact) mass is 292 g/mol. The Morgan fingerprint density at radius 2 is 1.86 bits per heavy atom. The van der Waals surface area contributed by atoms with Crippen LogP contribution in [0.3, 0.4) is 0 Å². The average molecular weight is 292 g/mol. The number of aliphatic carboxylic acids is 1. The molecule has 0 bridgehead atoms. The van der Waals surface area contributed by atoms with Crippen molar-refractivity contribution in [1.29, 1.82) is 0 Å². The van der Waals surface area contributed by atoms with E-state index in [9.17, 15) is 19.5 Å². The second-order valence-electron chi connectivity index (χ2n) is 4.58. The van der Waals surface area contributed by atoms with E-state index in [1.807, 2.05) is 0 Å². The topological polar surface area (TPSA) is 105 Å². The summed E-state index contributed by atoms with van der Waals surface area (Å²) in [5, 5.41) is 12.9. The summed E-state index contributed by atoms with van der Waals surface area (Å²) in [6.45, 7) is 1.44. The number of nitrogens with one attached hydrogen (secondary N) is 1. The van der Waals surface area contributed by atoms with Crippen molar-refractivity contribution in [2.45, 2.75) is 26.2 Å². The van der Waals surface area contributed by atoms with Crippen molar-refractivity contribution in [2.24, 2.45) is 0 Å². The quantitative estimate of drug-likeness (QED) is 0.764. The van der Waals surface area contributed by atoms with Crippen LogP contribution in [0.2, 0.25) is 0 Å². The predicted molar refractivity (Wildman–Crippen MR) is 70.1 cm³/mol. The molecule has 7 heteroatoms. The molecule has 0 atom stereocenters. The van der Waals surface area contributed by atoms with Crippen LogP contribution in [-0.4, -0.2) is 24.5 Å². The van der Waals surface area contributed by atoms with Crippen LogP contribution in [0.15, 0.2) is 12.1 Å². The lowest BCUT2D eigenvalue weighted by molar-refractivity contribution is -0.305. The number of carbonyl (C=O) groups is 3. The van der Waals surface area contributed by atoms with Gasteiger partial charge in [-0.15, -0.1) is 0 Å². The van der Waals surface area contributed by atoms with E-state index >= 15 is 0 Å². The molecule has 1 aromatic carbocycles. The maximum absolute atomic E-state index is 11.8. The maximum Gasteiger partial charge on any atom is 0.231 e. The van der Waals surface area contributed by atoms with E-state index in [2.05, 4.69) is 5.32 Å². The van der Waals surface area contributed by atoms with Crippen molar-refractivity contribution in [2.75, 3.05) is 12.1 Å². The lowest BCUT2D eigenvalue weighted by Crippen LogP contribution is -2.22. The molecule has 0 fully saturated rings. The number of carboxylic acids is 1. The first-order valence-corrected chi connectivity index (χ1v) is 6.41. The van der Waals surface area contributed by atoms with Crippen LogP contribution in [0.5, 0.6) is 11.5 Å². The van der Waals surface area contributed by atoms with Crippen LogP contribution in [0.25, 0.3) is 0 Å². The van der Waals surface area contributed by atoms with Gasteiger partial charge in [0.25, 0.3) is 0 Å². The van der Waals surface area contributed by atoms with Crippen LogP contribution < -0.4 is 19.9 Å². The minimum absolute atomic E-state index is 0.0275. The first kappa shape index (κ1) is 14.8. The summed E-state index contributed by atoms with van der Waals surface area (Å²) in [7, 11) is 0. The lowest BCUT2D eigenvalue weighted by atomic mass is 10.1. The van der Waals surface area contributed by atoms with Crippen molar-refractivity contribution < 1.29 is 29.0 Å². The molecule has 1 heterocycles. The fourth-order valence-electron chi connectivity index (χ4n) is 1.94. The van der Waals surface area contributed by atoms with Gasteiger partial charge in [0.1, 0.15) is 0 Å². The first-order chi connectivity index (χ1) is 9.97. The largest absolute Gasteiger partial charge is 0.550 e. The second-order valence-corrected chi connectivity index (χ2v) is 4.58. The van der Waals surface area contributed by atoms with Gasteiger partial charge in [0, 0.05) is 24.0 Å². The number of Topliss-reactive ketones (excluding diaryl/α,β-unsaturated/α-hetero) is 1. The highest BCUT2D eigenvalue weighted by Crippen LogP contribution is 2.37. The van der Waals surface area contributed by atoms with Gasteiger partial charge >= 0.3 is 0 Å². The fraction of sp³-hybridized carbons (Fsp3) is 0.357. The third kappa shape index (κ3) is 3.71. The normalized spacial score (nSPS) is 12.0. The fourth-order valence-corrected chi connectivity index (χ4v) is 1.94. The highest BCUT2D eigenvalue weighted by atomic mass is 16.7. The van der Waals surface area contributed by atoms with Crippen LogP contribution in [0.4, 0.5) is 5.69 Å². The Hall–Kier alpha value is -2.57.